The molecule has 5 heteroatoms. The van der Waals surface area contributed by atoms with Gasteiger partial charge in [0.05, 0.1) is 5.41 Å². The molecule has 0 aromatic carbocycles. The minimum atomic E-state index is -0.878. The fraction of sp³-hybridized carbons (Fsp3) is 0.538. The Morgan fingerprint density at radius 1 is 1.50 bits per heavy atom. The van der Waals surface area contributed by atoms with Crippen molar-refractivity contribution in [1.82, 2.24) is 5.32 Å². The number of carboxylic acid groups (broad SMARTS) is 1. The molecule has 1 aromatic heterocycles. The van der Waals surface area contributed by atoms with Gasteiger partial charge in [-0.1, -0.05) is 6.42 Å². The van der Waals surface area contributed by atoms with E-state index in [1.54, 1.807) is 26.0 Å². The second-order valence-electron chi connectivity index (χ2n) is 5.05. The molecule has 1 fully saturated rings. The number of aryl methyl sites for hydroxylation is 1. The summed E-state index contributed by atoms with van der Waals surface area (Å²) in [6.07, 6.45) is 2.09. The molecule has 0 bridgehead atoms. The highest BCUT2D eigenvalue weighted by molar-refractivity contribution is 5.92. The average molecular weight is 251 g/mol. The third kappa shape index (κ3) is 2.12. The van der Waals surface area contributed by atoms with Crippen LogP contribution in [0.25, 0.3) is 0 Å². The number of hydrogen-bond donors (Lipinski definition) is 2. The summed E-state index contributed by atoms with van der Waals surface area (Å²) in [6, 6.07) is 2.96. The van der Waals surface area contributed by atoms with Crippen LogP contribution >= 0.6 is 0 Å². The van der Waals surface area contributed by atoms with Crippen molar-refractivity contribution in [2.24, 2.45) is 5.41 Å². The molecule has 1 saturated carbocycles. The van der Waals surface area contributed by atoms with Crippen molar-refractivity contribution in [3.8, 4) is 0 Å². The van der Waals surface area contributed by atoms with Gasteiger partial charge in [-0.05, 0) is 38.8 Å². The van der Waals surface area contributed by atoms with E-state index in [9.17, 15) is 14.7 Å². The number of carbonyl (C=O) groups excluding carboxylic acids is 1. The van der Waals surface area contributed by atoms with Crippen LogP contribution in [-0.4, -0.2) is 23.0 Å². The number of carbonyl (C=O) groups is 2. The van der Waals surface area contributed by atoms with Crippen LogP contribution in [0.2, 0.25) is 0 Å². The van der Waals surface area contributed by atoms with Crippen molar-refractivity contribution in [2.75, 3.05) is 0 Å². The fourth-order valence-corrected chi connectivity index (χ4v) is 2.44. The van der Waals surface area contributed by atoms with Crippen LogP contribution in [0.3, 0.4) is 0 Å². The van der Waals surface area contributed by atoms with Gasteiger partial charge in [0, 0.05) is 6.04 Å². The van der Waals surface area contributed by atoms with Crippen molar-refractivity contribution in [3.63, 3.8) is 0 Å². The standard InChI is InChI=1S/C13H17NO4/c1-8-5-6-9(18-8)11(15)14-10-4-3-7-13(10,2)12(16)17/h5-6,10H,3-4,7H2,1-2H3,(H,14,15)(H,16,17). The van der Waals surface area contributed by atoms with Crippen LogP contribution in [0, 0.1) is 12.3 Å². The van der Waals surface area contributed by atoms with Crippen molar-refractivity contribution in [2.45, 2.75) is 39.2 Å². The molecule has 0 saturated heterocycles. The number of aliphatic carboxylic acids is 1. The monoisotopic (exact) mass is 251 g/mol. The van der Waals surface area contributed by atoms with E-state index in [4.69, 9.17) is 4.42 Å². The van der Waals surface area contributed by atoms with Crippen molar-refractivity contribution in [1.29, 1.82) is 0 Å². The van der Waals surface area contributed by atoms with E-state index in [0.717, 1.165) is 6.42 Å². The summed E-state index contributed by atoms with van der Waals surface area (Å²) in [4.78, 5) is 23.2. The lowest BCUT2D eigenvalue weighted by atomic mass is 9.85. The van der Waals surface area contributed by atoms with Gasteiger partial charge in [0.1, 0.15) is 5.76 Å². The molecule has 1 aliphatic rings. The molecule has 1 amide bonds. The maximum atomic E-state index is 11.9. The van der Waals surface area contributed by atoms with Gasteiger partial charge in [-0.15, -0.1) is 0 Å². The predicted octanol–water partition coefficient (Wildman–Crippen LogP) is 1.96. The van der Waals surface area contributed by atoms with E-state index < -0.39 is 11.4 Å². The summed E-state index contributed by atoms with van der Waals surface area (Å²) in [5.74, 6) is -0.317. The van der Waals surface area contributed by atoms with E-state index in [0.29, 0.717) is 18.6 Å². The molecule has 2 N–H and O–H groups in total. The Balaban J connectivity index is 2.10. The van der Waals surface area contributed by atoms with Gasteiger partial charge in [0.15, 0.2) is 5.76 Å². The smallest absolute Gasteiger partial charge is 0.311 e. The Kier molecular flexibility index (Phi) is 3.15. The molecule has 1 heterocycles. The molecule has 2 unspecified atom stereocenters. The quantitative estimate of drug-likeness (QED) is 0.860. The molecule has 5 nitrogen and oxygen atoms in total. The Labute approximate surface area is 105 Å². The first-order valence-corrected chi connectivity index (χ1v) is 6.04. The van der Waals surface area contributed by atoms with Gasteiger partial charge >= 0.3 is 5.97 Å². The van der Waals surface area contributed by atoms with Crippen LogP contribution in [0.1, 0.15) is 42.5 Å². The Morgan fingerprint density at radius 3 is 2.78 bits per heavy atom. The van der Waals surface area contributed by atoms with Gasteiger partial charge < -0.3 is 14.8 Å². The summed E-state index contributed by atoms with van der Waals surface area (Å²) >= 11 is 0. The molecule has 2 rings (SSSR count). The molecular weight excluding hydrogens is 234 g/mol. The Bertz CT molecular complexity index is 479. The van der Waals surface area contributed by atoms with Gasteiger partial charge in [0.2, 0.25) is 0 Å². The highest BCUT2D eigenvalue weighted by atomic mass is 16.4. The van der Waals surface area contributed by atoms with E-state index >= 15 is 0 Å². The van der Waals surface area contributed by atoms with E-state index in [2.05, 4.69) is 5.32 Å². The number of hydrogen-bond acceptors (Lipinski definition) is 3. The zero-order chi connectivity index (χ0) is 13.3. The number of rotatable bonds is 3. The van der Waals surface area contributed by atoms with E-state index in [1.807, 2.05) is 0 Å². The number of nitrogens with one attached hydrogen (secondary N) is 1. The van der Waals surface area contributed by atoms with Gasteiger partial charge in [-0.2, -0.15) is 0 Å². The minimum absolute atomic E-state index is 0.229. The van der Waals surface area contributed by atoms with Crippen molar-refractivity contribution in [3.05, 3.63) is 23.7 Å². The number of carboxylic acids is 1. The lowest BCUT2D eigenvalue weighted by molar-refractivity contribution is -0.148. The average Bonchev–Trinajstić information content (AvgIpc) is 2.87. The van der Waals surface area contributed by atoms with Crippen LogP contribution in [0.5, 0.6) is 0 Å². The highest BCUT2D eigenvalue weighted by Gasteiger charge is 2.46. The lowest BCUT2D eigenvalue weighted by Gasteiger charge is -2.27. The maximum Gasteiger partial charge on any atom is 0.311 e. The molecule has 0 aliphatic heterocycles. The lowest BCUT2D eigenvalue weighted by Crippen LogP contribution is -2.46. The molecule has 1 aromatic rings. The first kappa shape index (κ1) is 12.7. The topological polar surface area (TPSA) is 79.5 Å². The first-order chi connectivity index (χ1) is 8.43. The molecule has 98 valence electrons. The molecule has 1 aliphatic carbocycles. The molecule has 18 heavy (non-hydrogen) atoms. The Hall–Kier alpha value is -1.78. The Morgan fingerprint density at radius 2 is 2.22 bits per heavy atom. The first-order valence-electron chi connectivity index (χ1n) is 6.04. The van der Waals surface area contributed by atoms with E-state index in [1.165, 1.54) is 0 Å². The summed E-state index contributed by atoms with van der Waals surface area (Å²) < 4.78 is 5.22. The van der Waals surface area contributed by atoms with Crippen molar-refractivity contribution >= 4 is 11.9 Å². The van der Waals surface area contributed by atoms with Gasteiger partial charge in [-0.25, -0.2) is 0 Å². The van der Waals surface area contributed by atoms with Gasteiger partial charge in [-0.3, -0.25) is 9.59 Å². The predicted molar refractivity (Wildman–Crippen MR) is 64.3 cm³/mol. The molecule has 0 radical (unpaired) electrons. The second kappa shape index (κ2) is 4.48. The number of furan rings is 1. The highest BCUT2D eigenvalue weighted by Crippen LogP contribution is 2.38. The van der Waals surface area contributed by atoms with Crippen LogP contribution in [0.4, 0.5) is 0 Å². The SMILES string of the molecule is Cc1ccc(C(=O)NC2CCCC2(C)C(=O)O)o1. The normalized spacial score (nSPS) is 27.1. The summed E-state index contributed by atoms with van der Waals surface area (Å²) in [7, 11) is 0. The largest absolute Gasteiger partial charge is 0.481 e. The van der Waals surface area contributed by atoms with E-state index in [-0.39, 0.29) is 17.7 Å². The van der Waals surface area contributed by atoms with Crippen molar-refractivity contribution < 1.29 is 19.1 Å². The number of amides is 1. The van der Waals surface area contributed by atoms with Gasteiger partial charge in [0.25, 0.3) is 5.91 Å². The zero-order valence-electron chi connectivity index (χ0n) is 10.5. The summed E-state index contributed by atoms with van der Waals surface area (Å²) in [5, 5.41) is 12.0. The fourth-order valence-electron chi connectivity index (χ4n) is 2.44. The third-order valence-corrected chi connectivity index (χ3v) is 3.72. The van der Waals surface area contributed by atoms with Crippen LogP contribution in [0.15, 0.2) is 16.5 Å². The van der Waals surface area contributed by atoms with Crippen LogP contribution in [-0.2, 0) is 4.79 Å². The van der Waals surface area contributed by atoms with Crippen LogP contribution < -0.4 is 5.32 Å². The molecule has 2 atom stereocenters. The third-order valence-electron chi connectivity index (χ3n) is 3.72. The molecular formula is C13H17NO4. The second-order valence-corrected chi connectivity index (χ2v) is 5.05. The zero-order valence-corrected chi connectivity index (χ0v) is 10.5. The summed E-state index contributed by atoms with van der Waals surface area (Å²) in [5.41, 5.74) is -0.878. The summed E-state index contributed by atoms with van der Waals surface area (Å²) in [6.45, 7) is 3.44. The minimum Gasteiger partial charge on any atom is -0.481 e. The molecule has 0 spiro atoms. The maximum absolute atomic E-state index is 11.9.